The molecule has 72 valence electrons. The summed E-state index contributed by atoms with van der Waals surface area (Å²) in [5, 5.41) is 3.04. The zero-order valence-electron chi connectivity index (χ0n) is 8.06. The third kappa shape index (κ3) is 9.59. The molecule has 12 heavy (non-hydrogen) atoms. The van der Waals surface area contributed by atoms with Crippen LogP contribution in [-0.4, -0.2) is 32.6 Å². The highest BCUT2D eigenvalue weighted by atomic mass is 16.5. The maximum atomic E-state index is 10.5. The molecule has 0 aliphatic rings. The Morgan fingerprint density at radius 3 is 2.58 bits per heavy atom. The maximum absolute atomic E-state index is 10.5. The van der Waals surface area contributed by atoms with E-state index in [1.165, 1.54) is 0 Å². The summed E-state index contributed by atoms with van der Waals surface area (Å²) >= 11 is 0. The first-order valence-corrected chi connectivity index (χ1v) is 4.49. The van der Waals surface area contributed by atoms with Crippen LogP contribution in [0.2, 0.25) is 0 Å². The molecule has 0 aliphatic carbocycles. The fraction of sp³-hybridized carbons (Fsp3) is 0.889. The predicted octanol–water partition coefficient (Wildman–Crippen LogP) is 0.982. The van der Waals surface area contributed by atoms with E-state index >= 15 is 0 Å². The van der Waals surface area contributed by atoms with Gasteiger partial charge in [-0.05, 0) is 33.4 Å². The summed E-state index contributed by atoms with van der Waals surface area (Å²) in [5.74, 6) is 0.244. The van der Waals surface area contributed by atoms with Crippen LogP contribution in [-0.2, 0) is 9.53 Å². The Morgan fingerprint density at radius 2 is 2.00 bits per heavy atom. The van der Waals surface area contributed by atoms with Gasteiger partial charge in [-0.1, -0.05) is 0 Å². The minimum atomic E-state index is 0.244. The third-order valence-corrected chi connectivity index (χ3v) is 1.53. The van der Waals surface area contributed by atoms with E-state index in [0.29, 0.717) is 13.0 Å². The van der Waals surface area contributed by atoms with Crippen LogP contribution in [0.4, 0.5) is 0 Å². The van der Waals surface area contributed by atoms with E-state index in [2.05, 4.69) is 5.32 Å². The molecule has 0 saturated carbocycles. The van der Waals surface area contributed by atoms with E-state index in [0.717, 1.165) is 26.0 Å². The van der Waals surface area contributed by atoms with Gasteiger partial charge in [0.05, 0.1) is 0 Å². The molecule has 0 fully saturated rings. The summed E-state index contributed by atoms with van der Waals surface area (Å²) in [4.78, 5) is 10.5. The summed E-state index contributed by atoms with van der Waals surface area (Å²) < 4.78 is 5.29. The minimum absolute atomic E-state index is 0.244. The molecule has 0 amide bonds. The SMILES string of the molecule is CNCCCOCCCC(C)=O. The molecule has 0 bridgehead atoms. The zero-order valence-corrected chi connectivity index (χ0v) is 8.06. The second-order valence-corrected chi connectivity index (χ2v) is 2.88. The average molecular weight is 173 g/mol. The molecule has 0 heterocycles. The van der Waals surface area contributed by atoms with E-state index in [4.69, 9.17) is 4.74 Å². The number of hydrogen-bond acceptors (Lipinski definition) is 3. The van der Waals surface area contributed by atoms with E-state index in [-0.39, 0.29) is 5.78 Å². The van der Waals surface area contributed by atoms with Crippen molar-refractivity contribution in [3.8, 4) is 0 Å². The molecule has 0 aromatic carbocycles. The highest BCUT2D eigenvalue weighted by Crippen LogP contribution is 1.91. The lowest BCUT2D eigenvalue weighted by Crippen LogP contribution is -2.10. The van der Waals surface area contributed by atoms with Gasteiger partial charge in [0.15, 0.2) is 0 Å². The van der Waals surface area contributed by atoms with E-state index < -0.39 is 0 Å². The summed E-state index contributed by atoms with van der Waals surface area (Å²) in [5.41, 5.74) is 0. The zero-order chi connectivity index (χ0) is 9.23. The first-order chi connectivity index (χ1) is 5.77. The number of ketones is 1. The van der Waals surface area contributed by atoms with Crippen LogP contribution < -0.4 is 5.32 Å². The second kappa shape index (κ2) is 8.68. The minimum Gasteiger partial charge on any atom is -0.381 e. The Bertz CT molecular complexity index is 115. The Hall–Kier alpha value is -0.410. The van der Waals surface area contributed by atoms with Crippen LogP contribution in [0.5, 0.6) is 0 Å². The number of nitrogens with one attached hydrogen (secondary N) is 1. The number of hydrogen-bond donors (Lipinski definition) is 1. The van der Waals surface area contributed by atoms with Crippen LogP contribution in [0.3, 0.4) is 0 Å². The Balaban J connectivity index is 2.86. The van der Waals surface area contributed by atoms with Gasteiger partial charge < -0.3 is 14.8 Å². The number of carbonyl (C=O) groups is 1. The van der Waals surface area contributed by atoms with E-state index in [1.54, 1.807) is 6.92 Å². The molecular weight excluding hydrogens is 154 g/mol. The number of carbonyl (C=O) groups excluding carboxylic acids is 1. The molecule has 0 radical (unpaired) electrons. The summed E-state index contributed by atoms with van der Waals surface area (Å²) in [7, 11) is 1.93. The molecule has 3 nitrogen and oxygen atoms in total. The second-order valence-electron chi connectivity index (χ2n) is 2.88. The van der Waals surface area contributed by atoms with Crippen LogP contribution in [0.1, 0.15) is 26.2 Å². The first-order valence-electron chi connectivity index (χ1n) is 4.49. The van der Waals surface area contributed by atoms with Crippen molar-refractivity contribution in [2.75, 3.05) is 26.8 Å². The van der Waals surface area contributed by atoms with Crippen molar-refractivity contribution in [1.29, 1.82) is 0 Å². The average Bonchev–Trinajstić information content (AvgIpc) is 2.02. The highest BCUT2D eigenvalue weighted by Gasteiger charge is 1.93. The number of rotatable bonds is 8. The molecule has 0 spiro atoms. The van der Waals surface area contributed by atoms with Gasteiger partial charge in [0.2, 0.25) is 0 Å². The molecule has 0 aromatic heterocycles. The van der Waals surface area contributed by atoms with Gasteiger partial charge in [0.1, 0.15) is 5.78 Å². The largest absolute Gasteiger partial charge is 0.381 e. The van der Waals surface area contributed by atoms with Crippen molar-refractivity contribution in [3.05, 3.63) is 0 Å². The standard InChI is InChI=1S/C9H19NO2/c1-9(11)5-3-7-12-8-4-6-10-2/h10H,3-8H2,1-2H3. The number of ether oxygens (including phenoxy) is 1. The van der Waals surface area contributed by atoms with Crippen LogP contribution in [0, 0.1) is 0 Å². The van der Waals surface area contributed by atoms with Crippen LogP contribution in [0.15, 0.2) is 0 Å². The smallest absolute Gasteiger partial charge is 0.129 e. The summed E-state index contributed by atoms with van der Waals surface area (Å²) in [6.07, 6.45) is 2.54. The molecular formula is C9H19NO2. The lowest BCUT2D eigenvalue weighted by molar-refractivity contribution is -0.117. The van der Waals surface area contributed by atoms with Crippen molar-refractivity contribution < 1.29 is 9.53 Å². The highest BCUT2D eigenvalue weighted by molar-refractivity contribution is 5.75. The lowest BCUT2D eigenvalue weighted by atomic mass is 10.2. The van der Waals surface area contributed by atoms with Crippen molar-refractivity contribution in [2.24, 2.45) is 0 Å². The van der Waals surface area contributed by atoms with Crippen molar-refractivity contribution in [2.45, 2.75) is 26.2 Å². The Kier molecular flexibility index (Phi) is 8.39. The Morgan fingerprint density at radius 1 is 1.33 bits per heavy atom. The normalized spacial score (nSPS) is 10.2. The topological polar surface area (TPSA) is 38.3 Å². The van der Waals surface area contributed by atoms with Crippen LogP contribution >= 0.6 is 0 Å². The van der Waals surface area contributed by atoms with Crippen LogP contribution in [0.25, 0.3) is 0 Å². The van der Waals surface area contributed by atoms with Gasteiger partial charge in [0, 0.05) is 19.6 Å². The monoisotopic (exact) mass is 173 g/mol. The van der Waals surface area contributed by atoms with Crippen molar-refractivity contribution in [3.63, 3.8) is 0 Å². The van der Waals surface area contributed by atoms with Crippen molar-refractivity contribution in [1.82, 2.24) is 5.32 Å². The Labute approximate surface area is 74.5 Å². The molecule has 3 heteroatoms. The van der Waals surface area contributed by atoms with Gasteiger partial charge in [-0.15, -0.1) is 0 Å². The molecule has 0 rings (SSSR count). The van der Waals surface area contributed by atoms with E-state index in [1.807, 2.05) is 7.05 Å². The quantitative estimate of drug-likeness (QED) is 0.556. The predicted molar refractivity (Wildman–Crippen MR) is 49.3 cm³/mol. The molecule has 0 saturated heterocycles. The fourth-order valence-corrected chi connectivity index (χ4v) is 0.876. The van der Waals surface area contributed by atoms with Gasteiger partial charge in [-0.3, -0.25) is 0 Å². The van der Waals surface area contributed by atoms with E-state index in [9.17, 15) is 4.79 Å². The maximum Gasteiger partial charge on any atom is 0.129 e. The molecule has 0 atom stereocenters. The third-order valence-electron chi connectivity index (χ3n) is 1.53. The summed E-state index contributed by atoms with van der Waals surface area (Å²) in [6.45, 7) is 4.11. The summed E-state index contributed by atoms with van der Waals surface area (Å²) in [6, 6.07) is 0. The molecule has 0 aliphatic heterocycles. The lowest BCUT2D eigenvalue weighted by Gasteiger charge is -2.02. The number of Topliss-reactive ketones (excluding diaryl/α,β-unsaturated/α-hetero) is 1. The van der Waals surface area contributed by atoms with Crippen molar-refractivity contribution >= 4 is 5.78 Å². The van der Waals surface area contributed by atoms with Gasteiger partial charge in [-0.25, -0.2) is 0 Å². The first kappa shape index (κ1) is 11.6. The van der Waals surface area contributed by atoms with Gasteiger partial charge >= 0.3 is 0 Å². The molecule has 0 unspecified atom stereocenters. The van der Waals surface area contributed by atoms with Gasteiger partial charge in [-0.2, -0.15) is 0 Å². The molecule has 1 N–H and O–H groups in total. The fourth-order valence-electron chi connectivity index (χ4n) is 0.876. The van der Waals surface area contributed by atoms with Gasteiger partial charge in [0.25, 0.3) is 0 Å². The molecule has 0 aromatic rings.